The quantitative estimate of drug-likeness (QED) is 0.680. The van der Waals surface area contributed by atoms with Crippen molar-refractivity contribution >= 4 is 18.0 Å². The highest BCUT2D eigenvalue weighted by atomic mass is 16.5. The maximum Gasteiger partial charge on any atom is 0.407 e. The van der Waals surface area contributed by atoms with Gasteiger partial charge in [-0.05, 0) is 28.2 Å². The average molecular weight is 448 g/mol. The summed E-state index contributed by atoms with van der Waals surface area (Å²) in [6.07, 6.45) is -0.754. The number of alkyl carbamates (subject to hydrolysis) is 1. The number of carboxylic acids is 1. The molecule has 1 aliphatic heterocycles. The fraction of sp³-hybridized carbons (Fsp3) is 0.320. The van der Waals surface area contributed by atoms with Crippen LogP contribution < -0.4 is 5.32 Å². The van der Waals surface area contributed by atoms with Crippen LogP contribution in [0.2, 0.25) is 0 Å². The van der Waals surface area contributed by atoms with Crippen molar-refractivity contribution in [3.05, 3.63) is 59.7 Å². The molecule has 1 saturated heterocycles. The highest BCUT2D eigenvalue weighted by Crippen LogP contribution is 2.44. The summed E-state index contributed by atoms with van der Waals surface area (Å²) in [5.74, 6) is 3.18. The molecular weight excluding hydrogens is 424 g/mol. The second kappa shape index (κ2) is 9.76. The van der Waals surface area contributed by atoms with Crippen molar-refractivity contribution in [2.24, 2.45) is 0 Å². The lowest BCUT2D eigenvalue weighted by atomic mass is 9.98. The summed E-state index contributed by atoms with van der Waals surface area (Å²) in [7, 11) is 1.47. The lowest BCUT2D eigenvalue weighted by Crippen LogP contribution is -2.40. The van der Waals surface area contributed by atoms with Crippen LogP contribution in [0, 0.1) is 11.8 Å². The van der Waals surface area contributed by atoms with Crippen molar-refractivity contribution in [1.82, 2.24) is 10.2 Å². The number of fused-ring (bicyclic) bond motifs is 3. The van der Waals surface area contributed by atoms with Crippen LogP contribution in [0.15, 0.2) is 48.5 Å². The van der Waals surface area contributed by atoms with E-state index in [9.17, 15) is 19.5 Å². The number of hydrogen-bond donors (Lipinski definition) is 2. The molecule has 2 unspecified atom stereocenters. The van der Waals surface area contributed by atoms with Gasteiger partial charge in [0.15, 0.2) is 0 Å². The van der Waals surface area contributed by atoms with Crippen molar-refractivity contribution in [3.63, 3.8) is 0 Å². The molecule has 2 aliphatic rings. The first-order chi connectivity index (χ1) is 16.0. The highest BCUT2D eigenvalue weighted by Gasteiger charge is 2.39. The summed E-state index contributed by atoms with van der Waals surface area (Å²) in [5.41, 5.74) is 4.52. The number of hydrogen-bond acceptors (Lipinski definition) is 5. The van der Waals surface area contributed by atoms with Gasteiger partial charge in [-0.3, -0.25) is 4.79 Å². The van der Waals surface area contributed by atoms with E-state index in [4.69, 9.17) is 9.47 Å². The Morgan fingerprint density at radius 3 is 2.33 bits per heavy atom. The van der Waals surface area contributed by atoms with Crippen LogP contribution in [0.4, 0.5) is 4.79 Å². The second-order valence-electron chi connectivity index (χ2n) is 7.89. The summed E-state index contributed by atoms with van der Waals surface area (Å²) in [6.45, 7) is 0.251. The Labute approximate surface area is 191 Å². The van der Waals surface area contributed by atoms with Crippen molar-refractivity contribution < 1.29 is 29.0 Å². The third kappa shape index (κ3) is 4.69. The fourth-order valence-corrected chi connectivity index (χ4v) is 4.38. The molecule has 2 atom stereocenters. The van der Waals surface area contributed by atoms with Crippen molar-refractivity contribution in [2.45, 2.75) is 24.5 Å². The van der Waals surface area contributed by atoms with Gasteiger partial charge in [-0.2, -0.15) is 0 Å². The maximum atomic E-state index is 12.3. The highest BCUT2D eigenvalue weighted by molar-refractivity contribution is 5.96. The van der Waals surface area contributed by atoms with E-state index in [1.807, 2.05) is 36.4 Å². The lowest BCUT2D eigenvalue weighted by molar-refractivity contribution is -0.146. The van der Waals surface area contributed by atoms with Crippen LogP contribution in [-0.4, -0.2) is 66.9 Å². The number of carbonyl (C=O) groups excluding carboxylic acids is 2. The molecule has 8 heteroatoms. The second-order valence-corrected chi connectivity index (χ2v) is 7.89. The minimum atomic E-state index is -1.10. The van der Waals surface area contributed by atoms with Gasteiger partial charge in [0.25, 0.3) is 5.91 Å². The van der Waals surface area contributed by atoms with E-state index < -0.39 is 24.0 Å². The summed E-state index contributed by atoms with van der Waals surface area (Å²) in [4.78, 5) is 37.0. The van der Waals surface area contributed by atoms with E-state index in [1.165, 1.54) is 12.0 Å². The first-order valence-corrected chi connectivity index (χ1v) is 10.6. The Morgan fingerprint density at radius 2 is 1.73 bits per heavy atom. The molecule has 0 bridgehead atoms. The van der Waals surface area contributed by atoms with E-state index in [0.717, 1.165) is 22.3 Å². The standard InChI is InChI=1S/C25H24N2O6/c1-32-16-13-22(24(29)30)27(14-16)23(28)11-6-12-26-25(31)33-15-21-19-9-4-2-7-17(19)18-8-3-5-10-20(18)21/h2-5,7-10,16,21-22H,12-15H2,1H3,(H,26,31)(H,29,30). The van der Waals surface area contributed by atoms with E-state index in [1.54, 1.807) is 0 Å². The summed E-state index contributed by atoms with van der Waals surface area (Å²) >= 11 is 0. The fourth-order valence-electron chi connectivity index (χ4n) is 4.38. The van der Waals surface area contributed by atoms with Gasteiger partial charge in [0, 0.05) is 26.0 Å². The van der Waals surface area contributed by atoms with Gasteiger partial charge < -0.3 is 24.8 Å². The van der Waals surface area contributed by atoms with Crippen LogP contribution in [0.25, 0.3) is 11.1 Å². The minimum Gasteiger partial charge on any atom is -0.480 e. The Balaban J connectivity index is 1.30. The van der Waals surface area contributed by atoms with E-state index in [0.29, 0.717) is 0 Å². The molecule has 170 valence electrons. The van der Waals surface area contributed by atoms with Crippen molar-refractivity contribution in [2.75, 3.05) is 26.8 Å². The maximum absolute atomic E-state index is 12.3. The SMILES string of the molecule is COC1CC(C(=O)O)N(C(=O)C#CCNC(=O)OCC2c3ccccc3-c3ccccc32)C1. The molecule has 1 heterocycles. The molecule has 33 heavy (non-hydrogen) atoms. The van der Waals surface area contributed by atoms with E-state index >= 15 is 0 Å². The molecule has 8 nitrogen and oxygen atoms in total. The molecule has 1 aliphatic carbocycles. The van der Waals surface area contributed by atoms with Crippen LogP contribution >= 0.6 is 0 Å². The number of rotatable bonds is 5. The van der Waals surface area contributed by atoms with Gasteiger partial charge >= 0.3 is 12.1 Å². The number of aliphatic carboxylic acids is 1. The number of carboxylic acid groups (broad SMARTS) is 1. The molecule has 1 fully saturated rings. The predicted molar refractivity (Wildman–Crippen MR) is 119 cm³/mol. The number of nitrogens with zero attached hydrogens (tertiary/aromatic N) is 1. The summed E-state index contributed by atoms with van der Waals surface area (Å²) in [6, 6.07) is 15.1. The Hall–Kier alpha value is -3.83. The number of amides is 2. The first kappa shape index (κ1) is 22.4. The topological polar surface area (TPSA) is 105 Å². The number of nitrogens with one attached hydrogen (secondary N) is 1. The van der Waals surface area contributed by atoms with Crippen molar-refractivity contribution in [3.8, 4) is 23.0 Å². The number of methoxy groups -OCH3 is 1. The largest absolute Gasteiger partial charge is 0.480 e. The molecule has 4 rings (SSSR count). The molecule has 0 spiro atoms. The monoisotopic (exact) mass is 448 g/mol. The zero-order valence-electron chi connectivity index (χ0n) is 18.1. The van der Waals surface area contributed by atoms with Gasteiger partial charge in [0.1, 0.15) is 12.6 Å². The third-order valence-electron chi connectivity index (χ3n) is 6.00. The van der Waals surface area contributed by atoms with E-state index in [-0.39, 0.29) is 38.1 Å². The molecule has 2 amide bonds. The molecule has 2 N–H and O–H groups in total. The van der Waals surface area contributed by atoms with Crippen LogP contribution in [0.5, 0.6) is 0 Å². The number of benzene rings is 2. The van der Waals surface area contributed by atoms with Crippen LogP contribution in [0.3, 0.4) is 0 Å². The van der Waals surface area contributed by atoms with Gasteiger partial charge in [0.05, 0.1) is 12.6 Å². The predicted octanol–water partition coefficient (Wildman–Crippen LogP) is 2.23. The third-order valence-corrected chi connectivity index (χ3v) is 6.00. The normalized spacial score (nSPS) is 18.6. The van der Waals surface area contributed by atoms with Crippen LogP contribution in [-0.2, 0) is 19.1 Å². The van der Waals surface area contributed by atoms with Gasteiger partial charge in [-0.15, -0.1) is 0 Å². The molecule has 0 radical (unpaired) electrons. The lowest BCUT2D eigenvalue weighted by Gasteiger charge is -2.17. The van der Waals surface area contributed by atoms with Crippen LogP contribution in [0.1, 0.15) is 23.5 Å². The first-order valence-electron chi connectivity index (χ1n) is 10.6. The summed E-state index contributed by atoms with van der Waals surface area (Å²) in [5, 5.41) is 11.8. The smallest absolute Gasteiger partial charge is 0.407 e. The van der Waals surface area contributed by atoms with Gasteiger partial charge in [-0.25, -0.2) is 9.59 Å². The minimum absolute atomic E-state index is 0.0485. The Morgan fingerprint density at radius 1 is 1.09 bits per heavy atom. The number of likely N-dealkylation sites (tertiary alicyclic amines) is 1. The molecule has 0 aromatic heterocycles. The van der Waals surface area contributed by atoms with Gasteiger partial charge in [0.2, 0.25) is 0 Å². The number of carbonyl (C=O) groups is 3. The molecular formula is C25H24N2O6. The zero-order valence-corrected chi connectivity index (χ0v) is 18.1. The number of ether oxygens (including phenoxy) is 2. The molecule has 2 aromatic rings. The molecule has 2 aromatic carbocycles. The zero-order chi connectivity index (χ0) is 23.4. The summed E-state index contributed by atoms with van der Waals surface area (Å²) < 4.78 is 10.6. The van der Waals surface area contributed by atoms with E-state index in [2.05, 4.69) is 29.3 Å². The molecule has 0 saturated carbocycles. The van der Waals surface area contributed by atoms with Crippen molar-refractivity contribution in [1.29, 1.82) is 0 Å². The Bertz CT molecular complexity index is 1090. The average Bonchev–Trinajstić information content (AvgIpc) is 3.40. The Kier molecular flexibility index (Phi) is 6.61. The van der Waals surface area contributed by atoms with Gasteiger partial charge in [-0.1, -0.05) is 54.5 Å².